The van der Waals surface area contributed by atoms with E-state index in [1.54, 1.807) is 0 Å². The molecule has 0 spiro atoms. The third-order valence-corrected chi connectivity index (χ3v) is 8.46. The quantitative estimate of drug-likeness (QED) is 0.0618. The fraction of sp³-hybridized carbons (Fsp3) is 0.944. The molecule has 0 aromatic carbocycles. The molecule has 6 nitrogen and oxygen atoms in total. The number of nitrogens with zero attached hydrogens (tertiary/aromatic N) is 1. The Labute approximate surface area is 262 Å². The first-order valence-corrected chi connectivity index (χ1v) is 18.3. The number of rotatable bonds is 31. The second kappa shape index (κ2) is 31.1. The van der Waals surface area contributed by atoms with Gasteiger partial charge in [-0.1, -0.05) is 136 Å². The molecule has 1 unspecified atom stereocenters. The van der Waals surface area contributed by atoms with Crippen LogP contribution in [0.2, 0.25) is 0 Å². The topological polar surface area (TPSA) is 70.7 Å². The second-order valence-electron chi connectivity index (χ2n) is 13.0. The van der Waals surface area contributed by atoms with Crippen LogP contribution in [-0.4, -0.2) is 56.7 Å². The lowest BCUT2D eigenvalue weighted by molar-refractivity contribution is -0.144. The average Bonchev–Trinajstić information content (AvgIpc) is 2.96. The van der Waals surface area contributed by atoms with Gasteiger partial charge in [0, 0.05) is 19.0 Å². The number of esters is 1. The number of carbonyl (C=O) groups excluding carboxylic acids is 2. The highest BCUT2D eigenvalue weighted by Gasteiger charge is 2.13. The van der Waals surface area contributed by atoms with E-state index in [4.69, 9.17) is 4.74 Å². The van der Waals surface area contributed by atoms with Crippen LogP contribution in [-0.2, 0) is 9.53 Å². The Morgan fingerprint density at radius 1 is 0.619 bits per heavy atom. The number of nitrogens with one attached hydrogen (secondary N) is 2. The zero-order valence-electron chi connectivity index (χ0n) is 28.9. The molecule has 0 saturated heterocycles. The summed E-state index contributed by atoms with van der Waals surface area (Å²) in [4.78, 5) is 26.9. The monoisotopic (exact) mass is 596 g/mol. The highest BCUT2D eigenvalue weighted by Crippen LogP contribution is 2.21. The van der Waals surface area contributed by atoms with Gasteiger partial charge in [0.25, 0.3) is 0 Å². The van der Waals surface area contributed by atoms with Crippen LogP contribution in [0.1, 0.15) is 175 Å². The molecule has 0 aromatic rings. The highest BCUT2D eigenvalue weighted by atomic mass is 16.5. The minimum atomic E-state index is -0.0179. The molecule has 0 aliphatic carbocycles. The van der Waals surface area contributed by atoms with Gasteiger partial charge in [0.05, 0.1) is 6.61 Å². The van der Waals surface area contributed by atoms with E-state index in [2.05, 4.69) is 50.4 Å². The van der Waals surface area contributed by atoms with Crippen molar-refractivity contribution in [3.8, 4) is 0 Å². The Kier molecular flexibility index (Phi) is 30.2. The van der Waals surface area contributed by atoms with Crippen molar-refractivity contribution in [2.24, 2.45) is 5.92 Å². The van der Waals surface area contributed by atoms with Gasteiger partial charge < -0.3 is 20.3 Å². The van der Waals surface area contributed by atoms with Gasteiger partial charge in [-0.25, -0.2) is 4.79 Å². The molecule has 0 aliphatic heterocycles. The van der Waals surface area contributed by atoms with E-state index in [0.29, 0.717) is 25.5 Å². The Bertz CT molecular complexity index is 589. The summed E-state index contributed by atoms with van der Waals surface area (Å²) in [5, 5.41) is 6.29. The Balaban J connectivity index is 4.15. The van der Waals surface area contributed by atoms with Crippen LogP contribution < -0.4 is 10.6 Å². The summed E-state index contributed by atoms with van der Waals surface area (Å²) < 4.78 is 5.61. The van der Waals surface area contributed by atoms with E-state index >= 15 is 0 Å². The van der Waals surface area contributed by atoms with E-state index in [-0.39, 0.29) is 18.0 Å². The number of hydrogen-bond donors (Lipinski definition) is 2. The molecule has 0 saturated carbocycles. The molecular weight excluding hydrogens is 522 g/mol. The SMILES string of the molecule is CCCCCCCCC(CCCCCCCC(=O)OCCC(CCCCC)CCCCC)NC(=O)NCCCN(C)C. The number of carbonyl (C=O) groups is 2. The third-order valence-electron chi connectivity index (χ3n) is 8.46. The van der Waals surface area contributed by atoms with Crippen molar-refractivity contribution in [2.45, 2.75) is 181 Å². The molecular formula is C36H73N3O3. The van der Waals surface area contributed by atoms with Crippen molar-refractivity contribution in [1.82, 2.24) is 15.5 Å². The first-order chi connectivity index (χ1) is 20.4. The Morgan fingerprint density at radius 2 is 1.12 bits per heavy atom. The summed E-state index contributed by atoms with van der Waals surface area (Å²) in [6.45, 7) is 9.07. The molecule has 0 heterocycles. The number of amides is 2. The summed E-state index contributed by atoms with van der Waals surface area (Å²) in [6.07, 6.45) is 28.1. The smallest absolute Gasteiger partial charge is 0.315 e. The Hall–Kier alpha value is -1.30. The van der Waals surface area contributed by atoms with Crippen molar-refractivity contribution in [1.29, 1.82) is 0 Å². The molecule has 42 heavy (non-hydrogen) atoms. The highest BCUT2D eigenvalue weighted by molar-refractivity contribution is 5.74. The summed E-state index contributed by atoms with van der Waals surface area (Å²) >= 11 is 0. The fourth-order valence-electron chi connectivity index (χ4n) is 5.69. The van der Waals surface area contributed by atoms with E-state index in [9.17, 15) is 9.59 Å². The van der Waals surface area contributed by atoms with Gasteiger partial charge in [0.1, 0.15) is 0 Å². The van der Waals surface area contributed by atoms with Gasteiger partial charge in [-0.15, -0.1) is 0 Å². The van der Waals surface area contributed by atoms with E-state index in [1.807, 2.05) is 0 Å². The predicted molar refractivity (Wildman–Crippen MR) is 181 cm³/mol. The van der Waals surface area contributed by atoms with Gasteiger partial charge in [-0.3, -0.25) is 4.79 Å². The van der Waals surface area contributed by atoms with Crippen LogP contribution in [0, 0.1) is 5.92 Å². The molecule has 1 atom stereocenters. The van der Waals surface area contributed by atoms with Crippen molar-refractivity contribution >= 4 is 12.0 Å². The largest absolute Gasteiger partial charge is 0.466 e. The van der Waals surface area contributed by atoms with Gasteiger partial charge in [-0.2, -0.15) is 0 Å². The summed E-state index contributed by atoms with van der Waals surface area (Å²) in [5.74, 6) is 0.695. The molecule has 0 fully saturated rings. The summed E-state index contributed by atoms with van der Waals surface area (Å²) in [5.41, 5.74) is 0. The first-order valence-electron chi connectivity index (χ1n) is 18.3. The zero-order chi connectivity index (χ0) is 31.1. The molecule has 2 amide bonds. The van der Waals surface area contributed by atoms with Gasteiger partial charge in [0.15, 0.2) is 0 Å². The maximum atomic E-state index is 12.5. The number of unbranched alkanes of at least 4 members (excludes halogenated alkanes) is 13. The van der Waals surface area contributed by atoms with Crippen molar-refractivity contribution < 1.29 is 14.3 Å². The van der Waals surface area contributed by atoms with Crippen molar-refractivity contribution in [2.75, 3.05) is 33.8 Å². The predicted octanol–water partition coefficient (Wildman–Crippen LogP) is 9.80. The fourth-order valence-corrected chi connectivity index (χ4v) is 5.69. The molecule has 0 aromatic heterocycles. The maximum absolute atomic E-state index is 12.5. The minimum Gasteiger partial charge on any atom is -0.466 e. The lowest BCUT2D eigenvalue weighted by atomic mass is 9.92. The van der Waals surface area contributed by atoms with Gasteiger partial charge >= 0.3 is 12.0 Å². The average molecular weight is 596 g/mol. The van der Waals surface area contributed by atoms with Crippen LogP contribution in [0.5, 0.6) is 0 Å². The number of ether oxygens (including phenoxy) is 1. The van der Waals surface area contributed by atoms with E-state index in [0.717, 1.165) is 64.3 Å². The van der Waals surface area contributed by atoms with Crippen LogP contribution >= 0.6 is 0 Å². The molecule has 0 bridgehead atoms. The van der Waals surface area contributed by atoms with E-state index < -0.39 is 0 Å². The molecule has 6 heteroatoms. The van der Waals surface area contributed by atoms with Crippen molar-refractivity contribution in [3.05, 3.63) is 0 Å². The van der Waals surface area contributed by atoms with E-state index in [1.165, 1.54) is 89.9 Å². The maximum Gasteiger partial charge on any atom is 0.315 e. The molecule has 2 N–H and O–H groups in total. The normalized spacial score (nSPS) is 12.2. The minimum absolute atomic E-state index is 0.0171. The van der Waals surface area contributed by atoms with Crippen LogP contribution in [0.3, 0.4) is 0 Å². The zero-order valence-corrected chi connectivity index (χ0v) is 28.9. The lowest BCUT2D eigenvalue weighted by Gasteiger charge is -2.19. The van der Waals surface area contributed by atoms with Crippen LogP contribution in [0.25, 0.3) is 0 Å². The number of urea groups is 1. The molecule has 0 rings (SSSR count). The van der Waals surface area contributed by atoms with Gasteiger partial charge in [-0.05, 0) is 58.7 Å². The van der Waals surface area contributed by atoms with Gasteiger partial charge in [0.2, 0.25) is 0 Å². The molecule has 0 aliphatic rings. The molecule has 0 radical (unpaired) electrons. The second-order valence-corrected chi connectivity index (χ2v) is 13.0. The standard InChI is InChI=1S/C36H73N3O3/c1-6-9-12-13-15-20-26-34(38-36(41)37-30-23-31-39(4)5)27-21-16-14-17-22-28-35(40)42-32-29-33(24-18-10-7-2)25-19-11-8-3/h33-34H,6-32H2,1-5H3,(H2,37,38,41). The van der Waals surface area contributed by atoms with Crippen LogP contribution in [0.4, 0.5) is 4.79 Å². The lowest BCUT2D eigenvalue weighted by Crippen LogP contribution is -2.42. The Morgan fingerprint density at radius 3 is 1.69 bits per heavy atom. The number of hydrogen-bond acceptors (Lipinski definition) is 4. The van der Waals surface area contributed by atoms with Crippen molar-refractivity contribution in [3.63, 3.8) is 0 Å². The molecule has 250 valence electrons. The first kappa shape index (κ1) is 40.7. The third kappa shape index (κ3) is 28.8. The van der Waals surface area contributed by atoms with Crippen LogP contribution in [0.15, 0.2) is 0 Å². The summed E-state index contributed by atoms with van der Waals surface area (Å²) in [7, 11) is 4.12. The summed E-state index contributed by atoms with van der Waals surface area (Å²) in [6, 6.07) is 0.240.